The SMILES string of the molecule is CCC(=O)c1cccc(S(=O)(=O)NC2CC(N(CC(=O)O)CC3CC3)C2)c1. The number of ketones is 1. The maximum absolute atomic E-state index is 12.6. The number of nitrogens with zero attached hydrogens (tertiary/aromatic N) is 1. The zero-order valence-electron chi connectivity index (χ0n) is 15.4. The first-order chi connectivity index (χ1) is 12.8. The second kappa shape index (κ2) is 8.08. The van der Waals surface area contributed by atoms with Gasteiger partial charge in [0.1, 0.15) is 0 Å². The van der Waals surface area contributed by atoms with Crippen molar-refractivity contribution < 1.29 is 23.1 Å². The van der Waals surface area contributed by atoms with E-state index in [4.69, 9.17) is 5.11 Å². The van der Waals surface area contributed by atoms with E-state index in [1.807, 2.05) is 4.90 Å². The van der Waals surface area contributed by atoms with Crippen LogP contribution in [-0.2, 0) is 14.8 Å². The number of sulfonamides is 1. The van der Waals surface area contributed by atoms with Gasteiger partial charge in [-0.15, -0.1) is 0 Å². The summed E-state index contributed by atoms with van der Waals surface area (Å²) in [5, 5.41) is 9.10. The Morgan fingerprint density at radius 3 is 2.56 bits per heavy atom. The lowest BCUT2D eigenvalue weighted by Gasteiger charge is -2.42. The normalized spacial score (nSPS) is 22.4. The molecule has 1 aromatic carbocycles. The van der Waals surface area contributed by atoms with E-state index >= 15 is 0 Å². The number of Topliss-reactive ketones (excluding diaryl/α,β-unsaturated/α-hetero) is 1. The van der Waals surface area contributed by atoms with Gasteiger partial charge in [0.05, 0.1) is 11.4 Å². The summed E-state index contributed by atoms with van der Waals surface area (Å²) in [5.74, 6) is -0.365. The Balaban J connectivity index is 1.59. The van der Waals surface area contributed by atoms with E-state index in [1.54, 1.807) is 19.1 Å². The van der Waals surface area contributed by atoms with Crippen LogP contribution < -0.4 is 4.72 Å². The molecule has 0 unspecified atom stereocenters. The number of rotatable bonds is 10. The van der Waals surface area contributed by atoms with Crippen molar-refractivity contribution in [2.24, 2.45) is 5.92 Å². The highest BCUT2D eigenvalue weighted by Gasteiger charge is 2.38. The maximum Gasteiger partial charge on any atom is 0.317 e. The third-order valence-corrected chi connectivity index (χ3v) is 6.78. The molecule has 2 fully saturated rings. The fourth-order valence-corrected chi connectivity index (χ4v) is 4.77. The van der Waals surface area contributed by atoms with Crippen molar-refractivity contribution >= 4 is 21.8 Å². The molecule has 0 aliphatic heterocycles. The summed E-state index contributed by atoms with van der Waals surface area (Å²) in [6.45, 7) is 2.51. The largest absolute Gasteiger partial charge is 0.480 e. The van der Waals surface area contributed by atoms with Crippen molar-refractivity contribution in [3.8, 4) is 0 Å². The number of benzene rings is 1. The molecular weight excluding hydrogens is 368 g/mol. The second-order valence-corrected chi connectivity index (χ2v) is 9.23. The molecule has 148 valence electrons. The van der Waals surface area contributed by atoms with E-state index in [0.29, 0.717) is 30.7 Å². The van der Waals surface area contributed by atoms with Crippen LogP contribution in [0.25, 0.3) is 0 Å². The number of carbonyl (C=O) groups excluding carboxylic acids is 1. The van der Waals surface area contributed by atoms with Gasteiger partial charge in [-0.2, -0.15) is 0 Å². The summed E-state index contributed by atoms with van der Waals surface area (Å²) < 4.78 is 27.9. The van der Waals surface area contributed by atoms with E-state index in [2.05, 4.69) is 4.72 Å². The smallest absolute Gasteiger partial charge is 0.317 e. The van der Waals surface area contributed by atoms with Gasteiger partial charge in [-0.3, -0.25) is 14.5 Å². The molecule has 2 aliphatic rings. The van der Waals surface area contributed by atoms with Crippen LogP contribution in [0.15, 0.2) is 29.2 Å². The Kier molecular flexibility index (Phi) is 5.98. The minimum absolute atomic E-state index is 0.00180. The van der Waals surface area contributed by atoms with Gasteiger partial charge in [0, 0.05) is 30.6 Å². The highest BCUT2D eigenvalue weighted by atomic mass is 32.2. The lowest BCUT2D eigenvalue weighted by molar-refractivity contribution is -0.139. The Morgan fingerprint density at radius 2 is 1.96 bits per heavy atom. The van der Waals surface area contributed by atoms with Crippen molar-refractivity contribution in [1.29, 1.82) is 0 Å². The molecule has 0 atom stereocenters. The molecule has 8 heteroatoms. The van der Waals surface area contributed by atoms with Crippen LogP contribution >= 0.6 is 0 Å². The van der Waals surface area contributed by atoms with E-state index in [9.17, 15) is 18.0 Å². The first kappa shape index (κ1) is 20.0. The van der Waals surface area contributed by atoms with Crippen molar-refractivity contribution in [2.75, 3.05) is 13.1 Å². The molecule has 0 amide bonds. The van der Waals surface area contributed by atoms with Gasteiger partial charge >= 0.3 is 5.97 Å². The van der Waals surface area contributed by atoms with Crippen molar-refractivity contribution in [3.63, 3.8) is 0 Å². The Hall–Kier alpha value is -1.77. The van der Waals surface area contributed by atoms with E-state index in [1.165, 1.54) is 12.1 Å². The molecule has 2 saturated carbocycles. The van der Waals surface area contributed by atoms with Crippen LogP contribution in [0.4, 0.5) is 0 Å². The molecule has 27 heavy (non-hydrogen) atoms. The van der Waals surface area contributed by atoms with Crippen molar-refractivity contribution in [2.45, 2.75) is 56.0 Å². The van der Waals surface area contributed by atoms with Gasteiger partial charge in [0.15, 0.2) is 5.78 Å². The zero-order valence-corrected chi connectivity index (χ0v) is 16.2. The number of carboxylic acids is 1. The number of hydrogen-bond donors (Lipinski definition) is 2. The molecule has 3 rings (SSSR count). The topological polar surface area (TPSA) is 104 Å². The lowest BCUT2D eigenvalue weighted by atomic mass is 9.86. The minimum Gasteiger partial charge on any atom is -0.480 e. The molecule has 0 saturated heterocycles. The third kappa shape index (κ3) is 5.15. The number of aliphatic carboxylic acids is 1. The fraction of sp³-hybridized carbons (Fsp3) is 0.579. The van der Waals surface area contributed by atoms with Gasteiger partial charge < -0.3 is 5.11 Å². The van der Waals surface area contributed by atoms with E-state index < -0.39 is 16.0 Å². The molecule has 0 spiro atoms. The van der Waals surface area contributed by atoms with Crippen LogP contribution in [0.2, 0.25) is 0 Å². The first-order valence-corrected chi connectivity index (χ1v) is 10.9. The van der Waals surface area contributed by atoms with Gasteiger partial charge in [-0.1, -0.05) is 19.1 Å². The molecule has 2 N–H and O–H groups in total. The summed E-state index contributed by atoms with van der Waals surface area (Å²) >= 11 is 0. The summed E-state index contributed by atoms with van der Waals surface area (Å²) in [4.78, 5) is 24.9. The van der Waals surface area contributed by atoms with Crippen molar-refractivity contribution in [1.82, 2.24) is 9.62 Å². The van der Waals surface area contributed by atoms with Crippen LogP contribution in [0, 0.1) is 5.92 Å². The first-order valence-electron chi connectivity index (χ1n) is 9.40. The van der Waals surface area contributed by atoms with E-state index in [0.717, 1.165) is 19.4 Å². The van der Waals surface area contributed by atoms with Crippen LogP contribution in [0.3, 0.4) is 0 Å². The average molecular weight is 394 g/mol. The highest BCUT2D eigenvalue weighted by Crippen LogP contribution is 2.34. The Bertz CT molecular complexity index is 813. The Labute approximate surface area is 159 Å². The van der Waals surface area contributed by atoms with E-state index in [-0.39, 0.29) is 29.3 Å². The number of hydrogen-bond acceptors (Lipinski definition) is 5. The molecule has 0 aromatic heterocycles. The zero-order chi connectivity index (χ0) is 19.6. The molecule has 0 radical (unpaired) electrons. The number of carbonyl (C=O) groups is 2. The van der Waals surface area contributed by atoms with Gasteiger partial charge in [-0.25, -0.2) is 13.1 Å². The average Bonchev–Trinajstić information content (AvgIpc) is 3.40. The summed E-state index contributed by atoms with van der Waals surface area (Å²) in [7, 11) is -3.70. The van der Waals surface area contributed by atoms with Crippen LogP contribution in [0.1, 0.15) is 49.4 Å². The maximum atomic E-state index is 12.6. The van der Waals surface area contributed by atoms with Gasteiger partial charge in [0.2, 0.25) is 10.0 Å². The molecule has 0 heterocycles. The fourth-order valence-electron chi connectivity index (χ4n) is 3.46. The quantitative estimate of drug-likeness (QED) is 0.587. The van der Waals surface area contributed by atoms with Crippen LogP contribution in [-0.4, -0.2) is 55.3 Å². The number of carboxylic acid groups (broad SMARTS) is 1. The van der Waals surface area contributed by atoms with Crippen molar-refractivity contribution in [3.05, 3.63) is 29.8 Å². The summed E-state index contributed by atoms with van der Waals surface area (Å²) in [5.41, 5.74) is 0.393. The summed E-state index contributed by atoms with van der Waals surface area (Å²) in [6, 6.07) is 5.98. The lowest BCUT2D eigenvalue weighted by Crippen LogP contribution is -2.55. The molecule has 7 nitrogen and oxygen atoms in total. The standard InChI is InChI=1S/C19H26N2O5S/c1-2-18(22)14-4-3-5-17(8-14)27(25,26)20-15-9-16(10-15)21(12-19(23)24)11-13-6-7-13/h3-5,8,13,15-16,20H,2,6-7,9-12H2,1H3,(H,23,24). The summed E-state index contributed by atoms with van der Waals surface area (Å²) in [6.07, 6.45) is 3.82. The molecule has 2 aliphatic carbocycles. The van der Waals surface area contributed by atoms with Crippen LogP contribution in [0.5, 0.6) is 0 Å². The molecule has 1 aromatic rings. The minimum atomic E-state index is -3.70. The van der Waals surface area contributed by atoms with Gasteiger partial charge in [-0.05, 0) is 43.7 Å². The predicted octanol–water partition coefficient (Wildman–Crippen LogP) is 1.89. The van der Waals surface area contributed by atoms with Gasteiger partial charge in [0.25, 0.3) is 0 Å². The third-order valence-electron chi connectivity index (χ3n) is 5.27. The molecule has 0 bridgehead atoms. The Morgan fingerprint density at radius 1 is 1.26 bits per heavy atom. The second-order valence-electron chi connectivity index (χ2n) is 7.51. The molecular formula is C19H26N2O5S. The monoisotopic (exact) mass is 394 g/mol. The number of nitrogens with one attached hydrogen (secondary N) is 1. The predicted molar refractivity (Wildman–Crippen MR) is 100 cm³/mol. The highest BCUT2D eigenvalue weighted by molar-refractivity contribution is 7.89.